The normalized spacial score (nSPS) is 41.3. The summed E-state index contributed by atoms with van der Waals surface area (Å²) in [4.78, 5) is 12.3. The largest absolute Gasteiger partial charge is 0.508 e. The van der Waals surface area contributed by atoms with Crippen LogP contribution >= 0.6 is 0 Å². The van der Waals surface area contributed by atoms with Gasteiger partial charge in [-0.3, -0.25) is 4.79 Å². The Balaban J connectivity index is 1.77. The number of aliphatic hydroxyl groups excluding tert-OH is 1. The van der Waals surface area contributed by atoms with Crippen molar-refractivity contribution in [1.82, 2.24) is 0 Å². The maximum absolute atomic E-state index is 12.3. The molecule has 0 unspecified atom stereocenters. The zero-order valence-corrected chi connectivity index (χ0v) is 12.4. The van der Waals surface area contributed by atoms with Crippen molar-refractivity contribution in [2.75, 3.05) is 0 Å². The Morgan fingerprint density at radius 1 is 1.29 bits per heavy atom. The molecule has 112 valence electrons. The molecule has 1 aromatic carbocycles. The fraction of sp³-hybridized carbons (Fsp3) is 0.611. The van der Waals surface area contributed by atoms with Gasteiger partial charge in [0.1, 0.15) is 11.5 Å². The van der Waals surface area contributed by atoms with E-state index in [2.05, 4.69) is 6.92 Å². The highest BCUT2D eigenvalue weighted by molar-refractivity contribution is 5.87. The lowest BCUT2D eigenvalue weighted by Gasteiger charge is -2.50. The lowest BCUT2D eigenvalue weighted by Crippen LogP contribution is -2.48. The molecule has 2 N–H and O–H groups in total. The second kappa shape index (κ2) is 4.33. The number of Topliss-reactive ketones (excluding diaryl/α,β-unsaturated/α-hetero) is 1. The predicted octanol–water partition coefficient (Wildman–Crippen LogP) is 2.79. The van der Waals surface area contributed by atoms with E-state index >= 15 is 0 Å². The van der Waals surface area contributed by atoms with Crippen LogP contribution in [0.1, 0.15) is 49.7 Å². The molecule has 0 heterocycles. The Morgan fingerprint density at radius 2 is 2.10 bits per heavy atom. The van der Waals surface area contributed by atoms with Crippen molar-refractivity contribution in [2.45, 2.75) is 51.0 Å². The van der Waals surface area contributed by atoms with Gasteiger partial charge in [-0.2, -0.15) is 0 Å². The van der Waals surface area contributed by atoms with E-state index in [-0.39, 0.29) is 23.2 Å². The molecule has 3 aliphatic rings. The molecule has 4 rings (SSSR count). The molecule has 0 spiro atoms. The number of carbonyl (C=O) groups excluding carboxylic acids is 1. The van der Waals surface area contributed by atoms with E-state index < -0.39 is 0 Å². The fourth-order valence-electron chi connectivity index (χ4n) is 5.36. The van der Waals surface area contributed by atoms with Crippen molar-refractivity contribution in [3.63, 3.8) is 0 Å². The summed E-state index contributed by atoms with van der Waals surface area (Å²) in [5, 5.41) is 20.4. The van der Waals surface area contributed by atoms with Crippen molar-refractivity contribution in [3.8, 4) is 5.75 Å². The fourth-order valence-corrected chi connectivity index (χ4v) is 5.36. The molecule has 2 fully saturated rings. The van der Waals surface area contributed by atoms with Gasteiger partial charge >= 0.3 is 0 Å². The molecule has 0 amide bonds. The number of fused-ring (bicyclic) bond motifs is 5. The number of aromatic hydroxyl groups is 1. The summed E-state index contributed by atoms with van der Waals surface area (Å²) in [6.45, 7) is 2.11. The van der Waals surface area contributed by atoms with E-state index in [1.807, 2.05) is 6.07 Å². The maximum Gasteiger partial charge on any atom is 0.139 e. The third-order valence-electron chi connectivity index (χ3n) is 6.44. The highest BCUT2D eigenvalue weighted by atomic mass is 16.3. The van der Waals surface area contributed by atoms with Gasteiger partial charge in [-0.25, -0.2) is 0 Å². The minimum atomic E-state index is -0.389. The molecule has 0 saturated heterocycles. The second-order valence-electron chi connectivity index (χ2n) is 7.36. The molecule has 2 saturated carbocycles. The summed E-state index contributed by atoms with van der Waals surface area (Å²) in [6.07, 6.45) is 3.73. The van der Waals surface area contributed by atoms with Crippen LogP contribution in [0.15, 0.2) is 18.2 Å². The summed E-state index contributed by atoms with van der Waals surface area (Å²) >= 11 is 0. The van der Waals surface area contributed by atoms with Crippen LogP contribution in [-0.2, 0) is 11.2 Å². The topological polar surface area (TPSA) is 57.5 Å². The van der Waals surface area contributed by atoms with Gasteiger partial charge in [0.15, 0.2) is 0 Å². The number of rotatable bonds is 0. The molecule has 5 atom stereocenters. The number of hydrogen-bond donors (Lipinski definition) is 2. The molecule has 0 radical (unpaired) electrons. The molecule has 0 bridgehead atoms. The van der Waals surface area contributed by atoms with E-state index in [9.17, 15) is 15.0 Å². The first-order chi connectivity index (χ1) is 10.0. The Hall–Kier alpha value is -1.35. The summed E-state index contributed by atoms with van der Waals surface area (Å²) in [5.74, 6) is 1.53. The van der Waals surface area contributed by atoms with Crippen LogP contribution in [0.25, 0.3) is 0 Å². The van der Waals surface area contributed by atoms with Crippen LogP contribution in [-0.4, -0.2) is 22.1 Å². The Labute approximate surface area is 125 Å². The zero-order valence-electron chi connectivity index (χ0n) is 12.4. The minimum absolute atomic E-state index is 0.201. The molecule has 3 nitrogen and oxygen atoms in total. The van der Waals surface area contributed by atoms with Crippen molar-refractivity contribution in [3.05, 3.63) is 29.3 Å². The van der Waals surface area contributed by atoms with Crippen LogP contribution in [0.4, 0.5) is 0 Å². The molecule has 1 aromatic rings. The summed E-state index contributed by atoms with van der Waals surface area (Å²) in [7, 11) is 0. The third-order valence-corrected chi connectivity index (χ3v) is 6.44. The van der Waals surface area contributed by atoms with Gasteiger partial charge in [0.25, 0.3) is 0 Å². The summed E-state index contributed by atoms with van der Waals surface area (Å²) < 4.78 is 0. The number of benzene rings is 1. The summed E-state index contributed by atoms with van der Waals surface area (Å²) in [6, 6.07) is 5.57. The van der Waals surface area contributed by atoms with Crippen molar-refractivity contribution >= 4 is 5.78 Å². The van der Waals surface area contributed by atoms with E-state index in [1.165, 1.54) is 5.56 Å². The van der Waals surface area contributed by atoms with Crippen LogP contribution in [0.2, 0.25) is 0 Å². The molecular formula is C18H22O3. The molecule has 3 heteroatoms. The monoisotopic (exact) mass is 286 g/mol. The van der Waals surface area contributed by atoms with E-state index in [1.54, 1.807) is 12.1 Å². The van der Waals surface area contributed by atoms with Crippen LogP contribution in [0, 0.1) is 17.3 Å². The number of phenolic OH excluding ortho intramolecular Hbond substituents is 1. The highest BCUT2D eigenvalue weighted by Crippen LogP contribution is 2.59. The first-order valence-corrected chi connectivity index (χ1v) is 8.04. The van der Waals surface area contributed by atoms with Gasteiger partial charge in [-0.15, -0.1) is 0 Å². The Kier molecular flexibility index (Phi) is 2.74. The SMILES string of the molecule is C[C@]12CC[C@@H]3c4ccc(O)cc4C[C@H](O)[C@H]3[C@@H]1CCC2=O. The average Bonchev–Trinajstić information content (AvgIpc) is 2.74. The Bertz CT molecular complexity index is 608. The van der Waals surface area contributed by atoms with Crippen LogP contribution in [0.5, 0.6) is 5.75 Å². The van der Waals surface area contributed by atoms with Gasteiger partial charge in [0.2, 0.25) is 0 Å². The quantitative estimate of drug-likeness (QED) is 0.771. The Morgan fingerprint density at radius 3 is 2.90 bits per heavy atom. The van der Waals surface area contributed by atoms with Gasteiger partial charge in [0, 0.05) is 11.8 Å². The highest BCUT2D eigenvalue weighted by Gasteiger charge is 2.56. The number of hydrogen-bond acceptors (Lipinski definition) is 3. The molecule has 0 aromatic heterocycles. The van der Waals surface area contributed by atoms with Crippen molar-refractivity contribution < 1.29 is 15.0 Å². The molecular weight excluding hydrogens is 264 g/mol. The number of phenols is 1. The lowest BCUT2D eigenvalue weighted by molar-refractivity contribution is -0.131. The van der Waals surface area contributed by atoms with Gasteiger partial charge in [-0.05, 0) is 66.7 Å². The van der Waals surface area contributed by atoms with E-state index in [4.69, 9.17) is 0 Å². The van der Waals surface area contributed by atoms with Gasteiger partial charge < -0.3 is 10.2 Å². The number of carbonyl (C=O) groups is 1. The second-order valence-corrected chi connectivity index (χ2v) is 7.36. The average molecular weight is 286 g/mol. The number of ketones is 1. The third kappa shape index (κ3) is 1.73. The molecule has 0 aliphatic heterocycles. The van der Waals surface area contributed by atoms with Crippen molar-refractivity contribution in [2.24, 2.45) is 17.3 Å². The van der Waals surface area contributed by atoms with E-state index in [0.717, 1.165) is 24.8 Å². The first kappa shape index (κ1) is 13.3. The zero-order chi connectivity index (χ0) is 14.8. The number of aliphatic hydroxyl groups is 1. The lowest BCUT2D eigenvalue weighted by atomic mass is 9.55. The van der Waals surface area contributed by atoms with Crippen LogP contribution in [0.3, 0.4) is 0 Å². The van der Waals surface area contributed by atoms with Gasteiger partial charge in [-0.1, -0.05) is 13.0 Å². The molecule has 21 heavy (non-hydrogen) atoms. The van der Waals surface area contributed by atoms with E-state index in [0.29, 0.717) is 30.5 Å². The molecule has 3 aliphatic carbocycles. The van der Waals surface area contributed by atoms with Crippen molar-refractivity contribution in [1.29, 1.82) is 0 Å². The first-order valence-electron chi connectivity index (χ1n) is 8.04. The smallest absolute Gasteiger partial charge is 0.139 e. The maximum atomic E-state index is 12.3. The van der Waals surface area contributed by atoms with Gasteiger partial charge in [0.05, 0.1) is 6.10 Å². The summed E-state index contributed by atoms with van der Waals surface area (Å²) in [5.41, 5.74) is 2.15. The predicted molar refractivity (Wildman–Crippen MR) is 79.1 cm³/mol. The minimum Gasteiger partial charge on any atom is -0.508 e. The van der Waals surface area contributed by atoms with Crippen LogP contribution < -0.4 is 0 Å². The standard InChI is InChI=1S/C18H22O3/c1-18-7-6-13-12-3-2-11(19)8-10(12)9-15(20)17(13)14(18)4-5-16(18)21/h2-3,8,13-15,17,19-20H,4-7,9H2,1H3/t13-,14+,15+,17-,18+/m1/s1.